The van der Waals surface area contributed by atoms with Crippen LogP contribution in [0.1, 0.15) is 5.69 Å². The highest BCUT2D eigenvalue weighted by atomic mass is 79.9. The lowest BCUT2D eigenvalue weighted by molar-refractivity contribution is -0.156. The number of thioether (sulfide) groups is 1. The van der Waals surface area contributed by atoms with Gasteiger partial charge in [-0.25, -0.2) is 4.98 Å². The van der Waals surface area contributed by atoms with Gasteiger partial charge in [0, 0.05) is 17.7 Å². The third-order valence-corrected chi connectivity index (χ3v) is 7.31. The lowest BCUT2D eigenvalue weighted by Gasteiger charge is -2.53. The maximum atomic E-state index is 12.8. The number of carbonyl (C=O) groups excluding carboxylic acids is 3. The van der Waals surface area contributed by atoms with Gasteiger partial charge in [-0.05, 0) is 37.9 Å². The van der Waals surface area contributed by atoms with Crippen LogP contribution in [0.25, 0.3) is 0 Å². The lowest BCUT2D eigenvalue weighted by Crippen LogP contribution is -2.73. The zero-order chi connectivity index (χ0) is 22.8. The van der Waals surface area contributed by atoms with Crippen LogP contribution < -0.4 is 10.6 Å². The number of nitrogens with zero attached hydrogens (tertiary/aromatic N) is 3. The van der Waals surface area contributed by atoms with Gasteiger partial charge in [-0.3, -0.25) is 19.2 Å². The van der Waals surface area contributed by atoms with E-state index in [0.29, 0.717) is 9.80 Å². The van der Waals surface area contributed by atoms with Gasteiger partial charge in [0.2, 0.25) is 12.3 Å². The summed E-state index contributed by atoms with van der Waals surface area (Å²) in [6.45, 7) is -0.0161. The van der Waals surface area contributed by atoms with E-state index in [-0.39, 0.29) is 28.8 Å². The Morgan fingerprint density at radius 2 is 2.23 bits per heavy atom. The first-order chi connectivity index (χ1) is 14.7. The molecule has 166 valence electrons. The number of carboxylic acid groups (broad SMARTS) is 1. The molecule has 1 aromatic heterocycles. The monoisotopic (exact) mass is 595 g/mol. The van der Waals surface area contributed by atoms with Crippen molar-refractivity contribution < 1.29 is 29.1 Å². The van der Waals surface area contributed by atoms with Gasteiger partial charge >= 0.3 is 5.97 Å². The standard InChI is InChI=1S/C16H15Br2N5O6S2/c1-29-22-9(7-3-30-15(20-7)19-6-24)11(25)21-10-12(26)23-4-16(14(27)28,2-8(17)18)5-31-13(10)23/h2-3,6,10,13H,4-5H2,1H3,(H,21,25)(H,27,28)(H,19,20,24)/t10?,13-,16?/m1/s1. The van der Waals surface area contributed by atoms with E-state index in [0.717, 1.165) is 11.3 Å². The Hall–Kier alpha value is -1.97. The Morgan fingerprint density at radius 3 is 2.84 bits per heavy atom. The second-order valence-electron chi connectivity index (χ2n) is 6.44. The summed E-state index contributed by atoms with van der Waals surface area (Å²) in [7, 11) is 1.26. The molecule has 2 fully saturated rings. The summed E-state index contributed by atoms with van der Waals surface area (Å²) in [5.41, 5.74) is -1.24. The van der Waals surface area contributed by atoms with E-state index < -0.39 is 34.6 Å². The smallest absolute Gasteiger partial charge is 0.316 e. The molecule has 3 N–H and O–H groups in total. The number of aliphatic carboxylic acids is 1. The topological polar surface area (TPSA) is 150 Å². The number of rotatable bonds is 8. The number of anilines is 1. The molecule has 3 rings (SSSR count). The molecule has 31 heavy (non-hydrogen) atoms. The average molecular weight is 597 g/mol. The van der Waals surface area contributed by atoms with Gasteiger partial charge < -0.3 is 25.5 Å². The van der Waals surface area contributed by atoms with Gasteiger partial charge in [-0.1, -0.05) is 5.16 Å². The molecule has 3 atom stereocenters. The Bertz CT molecular complexity index is 981. The third-order valence-electron chi connectivity index (χ3n) is 4.53. The van der Waals surface area contributed by atoms with Crippen LogP contribution >= 0.6 is 55.0 Å². The van der Waals surface area contributed by atoms with Crippen molar-refractivity contribution in [1.29, 1.82) is 0 Å². The second-order valence-corrected chi connectivity index (χ2v) is 11.2. The number of nitrogens with one attached hydrogen (secondary N) is 2. The lowest BCUT2D eigenvalue weighted by atomic mass is 9.87. The van der Waals surface area contributed by atoms with E-state index in [1.165, 1.54) is 35.2 Å². The number of carbonyl (C=O) groups is 4. The number of carboxylic acids is 1. The van der Waals surface area contributed by atoms with Crippen LogP contribution in [-0.2, 0) is 24.0 Å². The minimum absolute atomic E-state index is 0.0161. The van der Waals surface area contributed by atoms with Crippen LogP contribution in [0.3, 0.4) is 0 Å². The number of fused-ring (bicyclic) bond motifs is 1. The maximum absolute atomic E-state index is 12.8. The molecule has 11 nitrogen and oxygen atoms in total. The second kappa shape index (κ2) is 9.67. The van der Waals surface area contributed by atoms with Crippen LogP contribution in [0, 0.1) is 5.41 Å². The molecule has 3 amide bonds. The van der Waals surface area contributed by atoms with Crippen molar-refractivity contribution >= 4 is 90.0 Å². The van der Waals surface area contributed by atoms with Crippen LogP contribution in [-0.4, -0.2) is 75.7 Å². The van der Waals surface area contributed by atoms with Crippen molar-refractivity contribution in [2.24, 2.45) is 10.6 Å². The highest BCUT2D eigenvalue weighted by molar-refractivity contribution is 9.28. The Balaban J connectivity index is 1.72. The molecule has 0 radical (unpaired) electrons. The molecule has 0 aliphatic carbocycles. The normalized spacial score (nSPS) is 25.1. The van der Waals surface area contributed by atoms with Crippen molar-refractivity contribution in [2.45, 2.75) is 11.4 Å². The predicted molar refractivity (Wildman–Crippen MR) is 121 cm³/mol. The first kappa shape index (κ1) is 23.7. The number of thiazole rings is 1. The molecule has 3 heterocycles. The average Bonchev–Trinajstić information content (AvgIpc) is 3.18. The van der Waals surface area contributed by atoms with Crippen LogP contribution in [0.5, 0.6) is 0 Å². The first-order valence-corrected chi connectivity index (χ1v) is 12.0. The quantitative estimate of drug-likeness (QED) is 0.175. The minimum Gasteiger partial charge on any atom is -0.481 e. The molecular formula is C16H15Br2N5O6S2. The summed E-state index contributed by atoms with van der Waals surface area (Å²) < 4.78 is 0.478. The van der Waals surface area contributed by atoms with Gasteiger partial charge in [0.15, 0.2) is 10.8 Å². The predicted octanol–water partition coefficient (Wildman–Crippen LogP) is 1.16. The summed E-state index contributed by atoms with van der Waals surface area (Å²) in [5, 5.41) is 19.8. The summed E-state index contributed by atoms with van der Waals surface area (Å²) >= 11 is 8.72. The molecule has 0 saturated carbocycles. The van der Waals surface area contributed by atoms with E-state index in [1.54, 1.807) is 0 Å². The molecule has 0 spiro atoms. The highest BCUT2D eigenvalue weighted by Crippen LogP contribution is 2.44. The Morgan fingerprint density at radius 1 is 1.48 bits per heavy atom. The Labute approximate surface area is 200 Å². The minimum atomic E-state index is -1.25. The number of β-lactam (4-membered cyclic amide) rings is 1. The molecule has 2 unspecified atom stereocenters. The fraction of sp³-hybridized carbons (Fsp3) is 0.375. The zero-order valence-corrected chi connectivity index (χ0v) is 20.5. The Kier molecular flexibility index (Phi) is 7.39. The number of amides is 3. The largest absolute Gasteiger partial charge is 0.481 e. The van der Waals surface area contributed by atoms with Crippen molar-refractivity contribution in [3.05, 3.63) is 20.5 Å². The molecule has 2 saturated heterocycles. The van der Waals surface area contributed by atoms with Crippen LogP contribution in [0.4, 0.5) is 5.13 Å². The number of aromatic nitrogens is 1. The van der Waals surface area contributed by atoms with Gasteiger partial charge in [0.1, 0.15) is 29.6 Å². The number of halogens is 2. The van der Waals surface area contributed by atoms with Crippen molar-refractivity contribution in [3.63, 3.8) is 0 Å². The van der Waals surface area contributed by atoms with Crippen LogP contribution in [0.2, 0.25) is 0 Å². The molecule has 0 aromatic carbocycles. The van der Waals surface area contributed by atoms with Gasteiger partial charge in [-0.2, -0.15) is 0 Å². The third kappa shape index (κ3) is 4.78. The molecule has 0 bridgehead atoms. The summed E-state index contributed by atoms with van der Waals surface area (Å²) in [4.78, 5) is 58.1. The van der Waals surface area contributed by atoms with Gasteiger partial charge in [0.05, 0.1) is 3.39 Å². The van der Waals surface area contributed by atoms with Crippen molar-refractivity contribution in [1.82, 2.24) is 15.2 Å². The fourth-order valence-corrected chi connectivity index (χ4v) is 6.12. The van der Waals surface area contributed by atoms with Crippen molar-refractivity contribution in [3.8, 4) is 0 Å². The molecule has 1 aromatic rings. The van der Waals surface area contributed by atoms with E-state index in [9.17, 15) is 24.3 Å². The van der Waals surface area contributed by atoms with Crippen LogP contribution in [0.15, 0.2) is 20.0 Å². The van der Waals surface area contributed by atoms with E-state index in [2.05, 4.69) is 52.6 Å². The highest BCUT2D eigenvalue weighted by Gasteiger charge is 2.57. The summed E-state index contributed by atoms with van der Waals surface area (Å²) in [6, 6.07) is -0.839. The number of hydrogen-bond acceptors (Lipinski definition) is 9. The first-order valence-electron chi connectivity index (χ1n) is 8.50. The maximum Gasteiger partial charge on any atom is 0.316 e. The molecule has 2 aliphatic heterocycles. The molecule has 2 aliphatic rings. The summed E-state index contributed by atoms with van der Waals surface area (Å²) in [5.74, 6) is -1.90. The van der Waals surface area contributed by atoms with E-state index in [4.69, 9.17) is 4.84 Å². The number of oxime groups is 1. The fourth-order valence-electron chi connectivity index (χ4n) is 3.09. The summed E-state index contributed by atoms with van der Waals surface area (Å²) in [6.07, 6.45) is 1.96. The van der Waals surface area contributed by atoms with E-state index >= 15 is 0 Å². The molecular weight excluding hydrogens is 582 g/mol. The van der Waals surface area contributed by atoms with Gasteiger partial charge in [-0.15, -0.1) is 23.1 Å². The molecule has 15 heteroatoms. The zero-order valence-electron chi connectivity index (χ0n) is 15.7. The SMILES string of the molecule is CON=C(C(=O)NC1C(=O)N2CC(C=C(Br)Br)(C(=O)O)CS[C@H]12)c1csc(NC=O)n1. The van der Waals surface area contributed by atoms with E-state index in [1.807, 2.05) is 0 Å². The number of hydrogen-bond donors (Lipinski definition) is 3. The van der Waals surface area contributed by atoms with Gasteiger partial charge in [0.25, 0.3) is 5.91 Å². The van der Waals surface area contributed by atoms with Crippen molar-refractivity contribution in [2.75, 3.05) is 24.7 Å².